The van der Waals surface area contributed by atoms with E-state index in [4.69, 9.17) is 10.6 Å². The van der Waals surface area contributed by atoms with Crippen molar-refractivity contribution in [1.29, 1.82) is 0 Å². The normalized spacial score (nSPS) is 15.0. The molecule has 230 valence electrons. The highest BCUT2D eigenvalue weighted by molar-refractivity contribution is 8.01. The van der Waals surface area contributed by atoms with E-state index in [1.807, 2.05) is 13.8 Å². The van der Waals surface area contributed by atoms with Crippen LogP contribution in [0.5, 0.6) is 0 Å². The van der Waals surface area contributed by atoms with Gasteiger partial charge in [-0.15, -0.1) is 11.8 Å². The summed E-state index contributed by atoms with van der Waals surface area (Å²) in [6.07, 6.45) is -4.35. The summed E-state index contributed by atoms with van der Waals surface area (Å²) < 4.78 is 41.5. The number of aromatic nitrogens is 2. The van der Waals surface area contributed by atoms with E-state index in [1.165, 1.54) is 11.9 Å². The van der Waals surface area contributed by atoms with Crippen molar-refractivity contribution in [3.63, 3.8) is 0 Å². The van der Waals surface area contributed by atoms with Gasteiger partial charge >= 0.3 is 17.8 Å². The number of thioether (sulfide) groups is 1. The van der Waals surface area contributed by atoms with Crippen molar-refractivity contribution in [2.45, 2.75) is 56.2 Å². The topological polar surface area (TPSA) is 120 Å². The molecule has 1 unspecified atom stereocenters. The molecular weight excluding hydrogens is 587 g/mol. The standard InChI is InChI=1S/C29H32F3N5O5S/c1-4-28(5-2,18-33)43-27-35(16-19-12-8-6-9-13-19)22-23(37(27)42-25(40)29(30,31)32)34(3)26(41)36(24(22)39)17-21(38)20-14-10-7-11-15-20/h6-15,27H,4-5,16-18,33H2,1-3H3. The molecule has 1 aromatic heterocycles. The summed E-state index contributed by atoms with van der Waals surface area (Å²) in [5, 5.41) is 0.667. The van der Waals surface area contributed by atoms with E-state index in [2.05, 4.69) is 0 Å². The van der Waals surface area contributed by atoms with Crippen LogP contribution >= 0.6 is 11.8 Å². The van der Waals surface area contributed by atoms with Crippen LogP contribution in [0, 0.1) is 0 Å². The fourth-order valence-corrected chi connectivity index (χ4v) is 6.26. The zero-order valence-corrected chi connectivity index (χ0v) is 24.7. The third-order valence-corrected chi connectivity index (χ3v) is 9.38. The Balaban J connectivity index is 1.95. The zero-order valence-electron chi connectivity index (χ0n) is 23.8. The van der Waals surface area contributed by atoms with Crippen molar-refractivity contribution in [1.82, 2.24) is 9.13 Å². The number of hydrogen-bond donors (Lipinski definition) is 1. The van der Waals surface area contributed by atoms with Gasteiger partial charge in [-0.05, 0) is 18.4 Å². The molecule has 0 saturated carbocycles. The highest BCUT2D eigenvalue weighted by atomic mass is 32.2. The van der Waals surface area contributed by atoms with E-state index in [0.29, 0.717) is 23.5 Å². The van der Waals surface area contributed by atoms with E-state index in [9.17, 15) is 32.3 Å². The second-order valence-corrected chi connectivity index (χ2v) is 11.6. The second kappa shape index (κ2) is 12.7. The van der Waals surface area contributed by atoms with Crippen molar-refractivity contribution in [2.24, 2.45) is 12.8 Å². The van der Waals surface area contributed by atoms with Gasteiger partial charge in [0.05, 0.1) is 6.54 Å². The Hall–Kier alpha value is -4.04. The molecule has 2 aromatic carbocycles. The van der Waals surface area contributed by atoms with Gasteiger partial charge in [-0.3, -0.25) is 18.7 Å². The number of carbonyl (C=O) groups is 2. The van der Waals surface area contributed by atoms with Crippen molar-refractivity contribution >= 4 is 35.0 Å². The molecule has 0 fully saturated rings. The molecule has 1 aliphatic rings. The number of Topliss-reactive ketones (excluding diaryl/α,β-unsaturated/α-hetero) is 1. The van der Waals surface area contributed by atoms with Crippen LogP contribution in [0.2, 0.25) is 0 Å². The van der Waals surface area contributed by atoms with Crippen LogP contribution in [0.15, 0.2) is 70.3 Å². The number of ketones is 1. The second-order valence-electron chi connectivity index (χ2n) is 10.0. The number of nitrogens with zero attached hydrogens (tertiary/aromatic N) is 4. The van der Waals surface area contributed by atoms with Crippen LogP contribution in [0.4, 0.5) is 24.7 Å². The first-order valence-corrected chi connectivity index (χ1v) is 14.4. The molecule has 10 nitrogen and oxygen atoms in total. The maximum atomic E-state index is 14.1. The minimum Gasteiger partial charge on any atom is -0.329 e. The van der Waals surface area contributed by atoms with E-state index in [-0.39, 0.29) is 30.2 Å². The maximum absolute atomic E-state index is 14.1. The zero-order chi connectivity index (χ0) is 31.5. The van der Waals surface area contributed by atoms with Gasteiger partial charge in [0.2, 0.25) is 0 Å². The first-order chi connectivity index (χ1) is 20.4. The number of hydrogen-bond acceptors (Lipinski definition) is 9. The number of carbonyl (C=O) groups excluding carboxylic acids is 2. The molecule has 2 heterocycles. The van der Waals surface area contributed by atoms with E-state index < -0.39 is 46.0 Å². The lowest BCUT2D eigenvalue weighted by Crippen LogP contribution is -2.48. The van der Waals surface area contributed by atoms with Crippen LogP contribution in [-0.4, -0.2) is 43.9 Å². The quantitative estimate of drug-likeness (QED) is 0.320. The molecule has 0 saturated heterocycles. The molecule has 0 bridgehead atoms. The molecule has 3 aromatic rings. The molecule has 4 rings (SSSR count). The monoisotopic (exact) mass is 619 g/mol. The van der Waals surface area contributed by atoms with E-state index >= 15 is 0 Å². The summed E-state index contributed by atoms with van der Waals surface area (Å²) in [6.45, 7) is 3.26. The van der Waals surface area contributed by atoms with E-state index in [1.54, 1.807) is 60.7 Å². The lowest BCUT2D eigenvalue weighted by atomic mass is 10.0. The Morgan fingerprint density at radius 3 is 2.09 bits per heavy atom. The SMILES string of the molecule is CCC(CC)(CN)SC1N(Cc2ccccc2)c2c(n(C)c(=O)n(CC(=O)c3ccccc3)c2=O)N1OC(=O)C(F)(F)F. The van der Waals surface area contributed by atoms with Crippen molar-refractivity contribution in [3.05, 3.63) is 92.6 Å². The Morgan fingerprint density at radius 2 is 1.56 bits per heavy atom. The predicted octanol–water partition coefficient (Wildman–Crippen LogP) is 3.81. The van der Waals surface area contributed by atoms with Crippen molar-refractivity contribution < 1.29 is 27.6 Å². The van der Waals surface area contributed by atoms with Crippen LogP contribution in [-0.2, 0) is 29.8 Å². The first kappa shape index (κ1) is 31.9. The fourth-order valence-electron chi connectivity index (χ4n) is 4.84. The number of benzene rings is 2. The van der Waals surface area contributed by atoms with Gasteiger partial charge in [0.25, 0.3) is 5.56 Å². The van der Waals surface area contributed by atoms with Gasteiger partial charge in [-0.25, -0.2) is 9.59 Å². The number of hydroxylamine groups is 1. The van der Waals surface area contributed by atoms with Gasteiger partial charge < -0.3 is 15.5 Å². The molecular formula is C29H32F3N5O5S. The van der Waals surface area contributed by atoms with Gasteiger partial charge in [-0.2, -0.15) is 18.2 Å². The smallest absolute Gasteiger partial charge is 0.329 e. The highest BCUT2D eigenvalue weighted by Crippen LogP contribution is 2.47. The molecule has 0 spiro atoms. The van der Waals surface area contributed by atoms with Gasteiger partial charge in [-0.1, -0.05) is 74.5 Å². The average Bonchev–Trinajstić information content (AvgIpc) is 3.29. The molecule has 1 atom stereocenters. The minimum atomic E-state index is -5.36. The maximum Gasteiger partial charge on any atom is 0.493 e. The minimum absolute atomic E-state index is 0.000267. The lowest BCUT2D eigenvalue weighted by molar-refractivity contribution is -0.201. The summed E-state index contributed by atoms with van der Waals surface area (Å²) >= 11 is 1.14. The predicted molar refractivity (Wildman–Crippen MR) is 158 cm³/mol. The molecule has 43 heavy (non-hydrogen) atoms. The summed E-state index contributed by atoms with van der Waals surface area (Å²) in [5.74, 6) is -3.38. The van der Waals surface area contributed by atoms with Crippen LogP contribution in [0.3, 0.4) is 0 Å². The number of alkyl halides is 3. The van der Waals surface area contributed by atoms with Crippen molar-refractivity contribution in [3.8, 4) is 0 Å². The summed E-state index contributed by atoms with van der Waals surface area (Å²) in [5.41, 5.74) is 3.80. The summed E-state index contributed by atoms with van der Waals surface area (Å²) in [6, 6.07) is 16.9. The number of halogens is 3. The number of nitrogens with two attached hydrogens (primary N) is 1. The van der Waals surface area contributed by atoms with Crippen molar-refractivity contribution in [2.75, 3.05) is 16.5 Å². The third kappa shape index (κ3) is 6.34. The molecule has 2 N–H and O–H groups in total. The fraction of sp³-hybridized carbons (Fsp3) is 0.379. The number of fused-ring (bicyclic) bond motifs is 1. The largest absolute Gasteiger partial charge is 0.493 e. The summed E-state index contributed by atoms with van der Waals surface area (Å²) in [7, 11) is 1.24. The molecule has 1 aliphatic heterocycles. The Labute approximate surface area is 249 Å². The lowest BCUT2D eigenvalue weighted by Gasteiger charge is -2.38. The average molecular weight is 620 g/mol. The highest BCUT2D eigenvalue weighted by Gasteiger charge is 2.51. The third-order valence-electron chi connectivity index (χ3n) is 7.48. The molecule has 0 aliphatic carbocycles. The summed E-state index contributed by atoms with van der Waals surface area (Å²) in [4.78, 5) is 59.3. The van der Waals surface area contributed by atoms with Gasteiger partial charge in [0.1, 0.15) is 0 Å². The van der Waals surface area contributed by atoms with Crippen LogP contribution in [0.25, 0.3) is 0 Å². The van der Waals surface area contributed by atoms with Gasteiger partial charge in [0, 0.05) is 30.4 Å². The van der Waals surface area contributed by atoms with E-state index in [0.717, 1.165) is 20.9 Å². The van der Waals surface area contributed by atoms with Gasteiger partial charge in [0.15, 0.2) is 22.8 Å². The molecule has 0 amide bonds. The molecule has 14 heteroatoms. The first-order valence-electron chi connectivity index (χ1n) is 13.6. The molecule has 0 radical (unpaired) electrons. The number of anilines is 2. The van der Waals surface area contributed by atoms with Crippen LogP contribution < -0.4 is 26.9 Å². The number of rotatable bonds is 11. The Kier molecular flexibility index (Phi) is 9.40. The van der Waals surface area contributed by atoms with Crippen LogP contribution in [0.1, 0.15) is 42.6 Å². The Morgan fingerprint density at radius 1 is 0.977 bits per heavy atom. The Bertz CT molecular complexity index is 1580.